The first kappa shape index (κ1) is 17.6. The van der Waals surface area contributed by atoms with Crippen molar-refractivity contribution < 1.29 is 9.53 Å². The molecular formula is C22H23N3O2. The molecule has 1 aliphatic rings. The zero-order valence-corrected chi connectivity index (χ0v) is 15.5. The van der Waals surface area contributed by atoms with Crippen LogP contribution in [0.2, 0.25) is 0 Å². The van der Waals surface area contributed by atoms with Gasteiger partial charge in [0.05, 0.1) is 22.9 Å². The van der Waals surface area contributed by atoms with Crippen molar-refractivity contribution >= 4 is 16.8 Å². The number of hydrogen-bond acceptors (Lipinski definition) is 4. The summed E-state index contributed by atoms with van der Waals surface area (Å²) >= 11 is 0. The minimum Gasteiger partial charge on any atom is -0.376 e. The Kier molecular flexibility index (Phi) is 5.12. The fraction of sp³-hybridized carbons (Fsp3) is 0.318. The number of rotatable bonds is 5. The van der Waals surface area contributed by atoms with Crippen molar-refractivity contribution in [1.82, 2.24) is 14.9 Å². The highest BCUT2D eigenvalue weighted by Gasteiger charge is 2.24. The quantitative estimate of drug-likeness (QED) is 0.691. The minimum absolute atomic E-state index is 0.0295. The van der Waals surface area contributed by atoms with Gasteiger partial charge in [-0.25, -0.2) is 4.98 Å². The van der Waals surface area contributed by atoms with Crippen LogP contribution in [0.1, 0.15) is 30.1 Å². The zero-order chi connectivity index (χ0) is 18.6. The summed E-state index contributed by atoms with van der Waals surface area (Å²) in [6.07, 6.45) is 5.71. The minimum atomic E-state index is 0.0295. The summed E-state index contributed by atoms with van der Waals surface area (Å²) in [5.41, 5.74) is 3.25. The van der Waals surface area contributed by atoms with Crippen molar-refractivity contribution in [3.63, 3.8) is 0 Å². The van der Waals surface area contributed by atoms with Crippen LogP contribution in [0.4, 0.5) is 0 Å². The van der Waals surface area contributed by atoms with Crippen LogP contribution in [0, 0.1) is 0 Å². The Morgan fingerprint density at radius 3 is 2.78 bits per heavy atom. The molecule has 1 amide bonds. The molecule has 27 heavy (non-hydrogen) atoms. The standard InChI is InChI=1S/C22H23N3O2/c1-2-25(15-17-6-5-13-27-17)22(26)19-14-21(16-9-11-23-12-10-16)24-20-8-4-3-7-18(19)20/h3-4,7-12,14,17H,2,5-6,13,15H2,1H3/t17-/m1/s1. The third-order valence-electron chi connectivity index (χ3n) is 5.04. The lowest BCUT2D eigenvalue weighted by Gasteiger charge is -2.25. The van der Waals surface area contributed by atoms with Gasteiger partial charge in [-0.05, 0) is 44.0 Å². The summed E-state index contributed by atoms with van der Waals surface area (Å²) in [6, 6.07) is 13.5. The molecule has 0 bridgehead atoms. The molecule has 1 fully saturated rings. The van der Waals surface area contributed by atoms with Crippen LogP contribution in [-0.4, -0.2) is 46.6 Å². The van der Waals surface area contributed by atoms with E-state index >= 15 is 0 Å². The van der Waals surface area contributed by atoms with Gasteiger partial charge in [0.2, 0.25) is 0 Å². The molecule has 3 heterocycles. The van der Waals surface area contributed by atoms with Crippen molar-refractivity contribution in [2.45, 2.75) is 25.9 Å². The number of carbonyl (C=O) groups excluding carboxylic acids is 1. The largest absolute Gasteiger partial charge is 0.376 e. The fourth-order valence-corrected chi connectivity index (χ4v) is 3.58. The Labute approximate surface area is 159 Å². The highest BCUT2D eigenvalue weighted by Crippen LogP contribution is 2.26. The molecule has 4 rings (SSSR count). The second-order valence-corrected chi connectivity index (χ2v) is 6.79. The number of ether oxygens (including phenoxy) is 1. The van der Waals surface area contributed by atoms with E-state index in [4.69, 9.17) is 9.72 Å². The number of benzene rings is 1. The lowest BCUT2D eigenvalue weighted by Crippen LogP contribution is -2.37. The third kappa shape index (κ3) is 3.69. The number of nitrogens with zero attached hydrogens (tertiary/aromatic N) is 3. The molecule has 138 valence electrons. The highest BCUT2D eigenvalue weighted by atomic mass is 16.5. The first-order valence-corrected chi connectivity index (χ1v) is 9.47. The van der Waals surface area contributed by atoms with Crippen LogP contribution in [0.3, 0.4) is 0 Å². The molecule has 0 aliphatic carbocycles. The van der Waals surface area contributed by atoms with Crippen LogP contribution < -0.4 is 0 Å². The molecule has 1 aromatic carbocycles. The Morgan fingerprint density at radius 2 is 2.04 bits per heavy atom. The number of aromatic nitrogens is 2. The van der Waals surface area contributed by atoms with E-state index in [-0.39, 0.29) is 12.0 Å². The van der Waals surface area contributed by atoms with E-state index in [1.807, 2.05) is 54.3 Å². The van der Waals surface area contributed by atoms with Gasteiger partial charge in [-0.2, -0.15) is 0 Å². The van der Waals surface area contributed by atoms with Crippen LogP contribution in [0.25, 0.3) is 22.2 Å². The van der Waals surface area contributed by atoms with E-state index in [1.54, 1.807) is 12.4 Å². The predicted octanol–water partition coefficient (Wildman–Crippen LogP) is 3.94. The molecule has 2 aromatic heterocycles. The van der Waals surface area contributed by atoms with E-state index in [9.17, 15) is 4.79 Å². The molecule has 0 saturated carbocycles. The second kappa shape index (κ2) is 7.84. The highest BCUT2D eigenvalue weighted by molar-refractivity contribution is 6.07. The average Bonchev–Trinajstić information content (AvgIpc) is 3.24. The Balaban J connectivity index is 1.75. The van der Waals surface area contributed by atoms with E-state index in [1.165, 1.54) is 0 Å². The van der Waals surface area contributed by atoms with Crippen LogP contribution in [0.5, 0.6) is 0 Å². The number of para-hydroxylation sites is 1. The number of hydrogen-bond donors (Lipinski definition) is 0. The lowest BCUT2D eigenvalue weighted by molar-refractivity contribution is 0.0540. The first-order chi connectivity index (χ1) is 13.3. The van der Waals surface area contributed by atoms with Crippen LogP contribution >= 0.6 is 0 Å². The lowest BCUT2D eigenvalue weighted by atomic mass is 10.0. The summed E-state index contributed by atoms with van der Waals surface area (Å²) in [5.74, 6) is 0.0295. The SMILES string of the molecule is CCN(C[C@H]1CCCO1)C(=O)c1cc(-c2ccncc2)nc2ccccc12. The number of carbonyl (C=O) groups is 1. The summed E-state index contributed by atoms with van der Waals surface area (Å²) in [7, 11) is 0. The number of amides is 1. The predicted molar refractivity (Wildman–Crippen MR) is 106 cm³/mol. The maximum atomic E-state index is 13.4. The van der Waals surface area contributed by atoms with Gasteiger partial charge in [-0.1, -0.05) is 18.2 Å². The van der Waals surface area contributed by atoms with Gasteiger partial charge in [0.25, 0.3) is 5.91 Å². The van der Waals surface area contributed by atoms with Crippen molar-refractivity contribution in [3.8, 4) is 11.3 Å². The molecule has 0 unspecified atom stereocenters. The van der Waals surface area contributed by atoms with Crippen LogP contribution in [0.15, 0.2) is 54.9 Å². The molecule has 0 N–H and O–H groups in total. The molecule has 0 spiro atoms. The van der Waals surface area contributed by atoms with Gasteiger partial charge in [0, 0.05) is 43.0 Å². The van der Waals surface area contributed by atoms with E-state index in [2.05, 4.69) is 4.98 Å². The van der Waals surface area contributed by atoms with E-state index in [0.29, 0.717) is 18.7 Å². The first-order valence-electron chi connectivity index (χ1n) is 9.47. The number of fused-ring (bicyclic) bond motifs is 1. The summed E-state index contributed by atoms with van der Waals surface area (Å²) < 4.78 is 5.74. The maximum Gasteiger partial charge on any atom is 0.254 e. The summed E-state index contributed by atoms with van der Waals surface area (Å²) in [6.45, 7) is 4.09. The molecule has 1 saturated heterocycles. The molecule has 1 aliphatic heterocycles. The van der Waals surface area contributed by atoms with Crippen molar-refractivity contribution in [2.75, 3.05) is 19.7 Å². The molecule has 5 heteroatoms. The molecule has 0 radical (unpaired) electrons. The molecule has 5 nitrogen and oxygen atoms in total. The maximum absolute atomic E-state index is 13.4. The Hall–Kier alpha value is -2.79. The van der Waals surface area contributed by atoms with Gasteiger partial charge in [-0.15, -0.1) is 0 Å². The van der Waals surface area contributed by atoms with Gasteiger partial charge in [-0.3, -0.25) is 9.78 Å². The van der Waals surface area contributed by atoms with Gasteiger partial charge < -0.3 is 9.64 Å². The molecule has 3 aromatic rings. The topological polar surface area (TPSA) is 55.3 Å². The van der Waals surface area contributed by atoms with Gasteiger partial charge in [0.1, 0.15) is 0 Å². The monoisotopic (exact) mass is 361 g/mol. The van der Waals surface area contributed by atoms with E-state index < -0.39 is 0 Å². The average molecular weight is 361 g/mol. The summed E-state index contributed by atoms with van der Waals surface area (Å²) in [4.78, 5) is 24.1. The zero-order valence-electron chi connectivity index (χ0n) is 15.5. The fourth-order valence-electron chi connectivity index (χ4n) is 3.58. The molecular weight excluding hydrogens is 338 g/mol. The van der Waals surface area contributed by atoms with Crippen molar-refractivity contribution in [3.05, 3.63) is 60.4 Å². The number of likely N-dealkylation sites (N-methyl/N-ethyl adjacent to an activating group) is 1. The Bertz CT molecular complexity index is 937. The number of pyridine rings is 2. The van der Waals surface area contributed by atoms with Crippen molar-refractivity contribution in [1.29, 1.82) is 0 Å². The van der Waals surface area contributed by atoms with E-state index in [0.717, 1.165) is 41.6 Å². The Morgan fingerprint density at radius 1 is 1.22 bits per heavy atom. The smallest absolute Gasteiger partial charge is 0.254 e. The molecule has 1 atom stereocenters. The third-order valence-corrected chi connectivity index (χ3v) is 5.04. The summed E-state index contributed by atoms with van der Waals surface area (Å²) in [5, 5.41) is 0.881. The van der Waals surface area contributed by atoms with Crippen LogP contribution in [-0.2, 0) is 4.74 Å². The van der Waals surface area contributed by atoms with Gasteiger partial charge >= 0.3 is 0 Å². The normalized spacial score (nSPS) is 16.6. The van der Waals surface area contributed by atoms with Crippen molar-refractivity contribution in [2.24, 2.45) is 0 Å². The van der Waals surface area contributed by atoms with Gasteiger partial charge in [0.15, 0.2) is 0 Å². The second-order valence-electron chi connectivity index (χ2n) is 6.79.